The number of nitrogens with one attached hydrogen (secondary N) is 1. The first-order chi connectivity index (χ1) is 13.8. The van der Waals surface area contributed by atoms with E-state index in [0.717, 1.165) is 5.69 Å². The van der Waals surface area contributed by atoms with Crippen molar-refractivity contribution < 1.29 is 14.3 Å². The van der Waals surface area contributed by atoms with Crippen LogP contribution in [-0.2, 0) is 4.79 Å². The molecule has 29 heavy (non-hydrogen) atoms. The summed E-state index contributed by atoms with van der Waals surface area (Å²) in [6.07, 6.45) is 1.48. The van der Waals surface area contributed by atoms with Gasteiger partial charge in [-0.25, -0.2) is 4.39 Å². The minimum absolute atomic E-state index is 0.0756. The Labute approximate surface area is 175 Å². The summed E-state index contributed by atoms with van der Waals surface area (Å²) in [5.74, 6) is -0.883. The Balaban J connectivity index is 1.95. The molecule has 0 aliphatic heterocycles. The van der Waals surface area contributed by atoms with Crippen molar-refractivity contribution in [2.45, 2.75) is 13.8 Å². The molecule has 1 aromatic heterocycles. The summed E-state index contributed by atoms with van der Waals surface area (Å²) in [5, 5.41) is 21.4. The van der Waals surface area contributed by atoms with Gasteiger partial charge in [0.2, 0.25) is 0 Å². The second-order valence-electron chi connectivity index (χ2n) is 6.43. The lowest BCUT2D eigenvalue weighted by Crippen LogP contribution is -2.13. The highest BCUT2D eigenvalue weighted by Crippen LogP contribution is 2.26. The maximum Gasteiger partial charge on any atom is 0.266 e. The zero-order chi connectivity index (χ0) is 21.1. The number of benzene rings is 2. The minimum atomic E-state index is -0.571. The van der Waals surface area contributed by atoms with Crippen molar-refractivity contribution in [2.24, 2.45) is 0 Å². The van der Waals surface area contributed by atoms with Crippen molar-refractivity contribution in [3.8, 4) is 17.5 Å². The number of amides is 1. The quantitative estimate of drug-likeness (QED) is 0.321. The Morgan fingerprint density at radius 3 is 2.52 bits per heavy atom. The number of anilines is 1. The molecule has 7 heteroatoms. The number of aromatic nitrogens is 1. The Morgan fingerprint density at radius 2 is 1.90 bits per heavy atom. The number of carbonyl (C=O) groups is 1. The van der Waals surface area contributed by atoms with Crippen molar-refractivity contribution >= 4 is 33.6 Å². The molecule has 1 heterocycles. The van der Waals surface area contributed by atoms with E-state index >= 15 is 0 Å². The van der Waals surface area contributed by atoms with E-state index < -0.39 is 5.91 Å². The Kier molecular flexibility index (Phi) is 5.85. The number of nitriles is 1. The molecule has 0 spiro atoms. The predicted molar refractivity (Wildman–Crippen MR) is 113 cm³/mol. The molecular formula is C22H17BrFN3O2. The van der Waals surface area contributed by atoms with E-state index in [2.05, 4.69) is 21.2 Å². The van der Waals surface area contributed by atoms with Crippen molar-refractivity contribution in [3.05, 3.63) is 81.3 Å². The van der Waals surface area contributed by atoms with Gasteiger partial charge in [-0.2, -0.15) is 5.26 Å². The van der Waals surface area contributed by atoms with E-state index in [1.807, 2.05) is 13.0 Å². The highest BCUT2D eigenvalue weighted by Gasteiger charge is 2.16. The number of phenolic OH excluding ortho intramolecular Hbond substituents is 1. The van der Waals surface area contributed by atoms with Gasteiger partial charge in [0.15, 0.2) is 0 Å². The average molecular weight is 454 g/mol. The molecule has 5 nitrogen and oxygen atoms in total. The number of phenols is 1. The lowest BCUT2D eigenvalue weighted by molar-refractivity contribution is -0.112. The van der Waals surface area contributed by atoms with Crippen LogP contribution in [0, 0.1) is 31.0 Å². The number of hydrogen-bond donors (Lipinski definition) is 2. The zero-order valence-corrected chi connectivity index (χ0v) is 17.3. The monoisotopic (exact) mass is 453 g/mol. The van der Waals surface area contributed by atoms with Crippen LogP contribution in [0.25, 0.3) is 11.8 Å². The van der Waals surface area contributed by atoms with E-state index in [9.17, 15) is 19.6 Å². The van der Waals surface area contributed by atoms with E-state index in [4.69, 9.17) is 0 Å². The molecule has 0 aliphatic carbocycles. The summed E-state index contributed by atoms with van der Waals surface area (Å²) >= 11 is 3.25. The lowest BCUT2D eigenvalue weighted by Gasteiger charge is -2.11. The van der Waals surface area contributed by atoms with E-state index in [-0.39, 0.29) is 17.1 Å². The predicted octanol–water partition coefficient (Wildman–Crippen LogP) is 5.25. The fourth-order valence-corrected chi connectivity index (χ4v) is 3.35. The maximum absolute atomic E-state index is 14.4. The SMILES string of the molecule is Cc1cc(/C=C(/C#N)C(=O)Nc2ccc(O)cc2)c(C)n1-c1ccc(Br)cc1F. The molecule has 0 saturated heterocycles. The molecule has 0 radical (unpaired) electrons. The van der Waals surface area contributed by atoms with Gasteiger partial charge in [-0.15, -0.1) is 0 Å². The van der Waals surface area contributed by atoms with Crippen LogP contribution < -0.4 is 5.32 Å². The first kappa shape index (κ1) is 20.4. The summed E-state index contributed by atoms with van der Waals surface area (Å²) < 4.78 is 16.8. The lowest BCUT2D eigenvalue weighted by atomic mass is 10.1. The van der Waals surface area contributed by atoms with Crippen molar-refractivity contribution in [3.63, 3.8) is 0 Å². The highest BCUT2D eigenvalue weighted by molar-refractivity contribution is 9.10. The molecule has 146 valence electrons. The summed E-state index contributed by atoms with van der Waals surface area (Å²) in [7, 11) is 0. The van der Waals surface area contributed by atoms with Gasteiger partial charge in [-0.1, -0.05) is 15.9 Å². The van der Waals surface area contributed by atoms with Crippen LogP contribution in [-0.4, -0.2) is 15.6 Å². The topological polar surface area (TPSA) is 78.1 Å². The fraction of sp³-hybridized carbons (Fsp3) is 0.0909. The van der Waals surface area contributed by atoms with Gasteiger partial charge >= 0.3 is 0 Å². The van der Waals surface area contributed by atoms with Crippen LogP contribution in [0.3, 0.4) is 0 Å². The van der Waals surface area contributed by atoms with Crippen LogP contribution in [0.15, 0.2) is 58.6 Å². The summed E-state index contributed by atoms with van der Waals surface area (Å²) in [6.45, 7) is 3.63. The Bertz CT molecular complexity index is 1160. The fourth-order valence-electron chi connectivity index (χ4n) is 3.01. The summed E-state index contributed by atoms with van der Waals surface area (Å²) in [6, 6.07) is 14.4. The summed E-state index contributed by atoms with van der Waals surface area (Å²) in [4.78, 5) is 12.5. The number of halogens is 2. The molecule has 2 N–H and O–H groups in total. The average Bonchev–Trinajstić information content (AvgIpc) is 2.95. The molecule has 0 bridgehead atoms. The highest BCUT2D eigenvalue weighted by atomic mass is 79.9. The third-order valence-electron chi connectivity index (χ3n) is 4.41. The zero-order valence-electron chi connectivity index (χ0n) is 15.7. The molecule has 1 amide bonds. The van der Waals surface area contributed by atoms with Crippen molar-refractivity contribution in [2.75, 3.05) is 5.32 Å². The molecule has 0 atom stereocenters. The third kappa shape index (κ3) is 4.39. The molecule has 2 aromatic carbocycles. The van der Waals surface area contributed by atoms with Crippen molar-refractivity contribution in [1.29, 1.82) is 5.26 Å². The maximum atomic E-state index is 14.4. The van der Waals surface area contributed by atoms with E-state index in [1.54, 1.807) is 29.7 Å². The van der Waals surface area contributed by atoms with Crippen LogP contribution in [0.2, 0.25) is 0 Å². The van der Waals surface area contributed by atoms with E-state index in [0.29, 0.717) is 27.1 Å². The normalized spacial score (nSPS) is 11.2. The number of aryl methyl sites for hydroxylation is 1. The number of carbonyl (C=O) groups excluding carboxylic acids is 1. The van der Waals surface area contributed by atoms with E-state index in [1.165, 1.54) is 36.4 Å². The van der Waals surface area contributed by atoms with Gasteiger partial charge in [-0.3, -0.25) is 4.79 Å². The Morgan fingerprint density at radius 1 is 1.21 bits per heavy atom. The Hall–Kier alpha value is -3.37. The number of nitrogens with zero attached hydrogens (tertiary/aromatic N) is 2. The van der Waals surface area contributed by atoms with Gasteiger partial charge in [0.1, 0.15) is 23.2 Å². The largest absolute Gasteiger partial charge is 0.508 e. The number of rotatable bonds is 4. The third-order valence-corrected chi connectivity index (χ3v) is 4.90. The molecular weight excluding hydrogens is 437 g/mol. The second kappa shape index (κ2) is 8.33. The van der Waals surface area contributed by atoms with Crippen molar-refractivity contribution in [1.82, 2.24) is 4.57 Å². The minimum Gasteiger partial charge on any atom is -0.508 e. The van der Waals surface area contributed by atoms with Crippen LogP contribution >= 0.6 is 15.9 Å². The number of aromatic hydroxyl groups is 1. The second-order valence-corrected chi connectivity index (χ2v) is 7.34. The van der Waals surface area contributed by atoms with Gasteiger partial charge in [-0.05, 0) is 74.0 Å². The van der Waals surface area contributed by atoms with Gasteiger partial charge in [0.05, 0.1) is 5.69 Å². The van der Waals surface area contributed by atoms with Gasteiger partial charge < -0.3 is 15.0 Å². The molecule has 0 fully saturated rings. The first-order valence-electron chi connectivity index (χ1n) is 8.66. The van der Waals surface area contributed by atoms with Crippen LogP contribution in [0.1, 0.15) is 17.0 Å². The molecule has 0 aliphatic rings. The summed E-state index contributed by atoms with van der Waals surface area (Å²) in [5.41, 5.74) is 2.86. The van der Waals surface area contributed by atoms with Gasteiger partial charge in [0.25, 0.3) is 5.91 Å². The number of hydrogen-bond acceptors (Lipinski definition) is 3. The smallest absolute Gasteiger partial charge is 0.266 e. The van der Waals surface area contributed by atoms with Crippen LogP contribution in [0.5, 0.6) is 5.75 Å². The van der Waals surface area contributed by atoms with Crippen LogP contribution in [0.4, 0.5) is 10.1 Å². The standard InChI is InChI=1S/C22H17BrFN3O2/c1-13-9-15(14(2)27(13)21-8-3-17(23)11-20(21)24)10-16(12-25)22(29)26-18-4-6-19(28)7-5-18/h3-11,28H,1-2H3,(H,26,29)/b16-10-. The molecule has 0 saturated carbocycles. The molecule has 3 rings (SSSR count). The van der Waals surface area contributed by atoms with Gasteiger partial charge in [0, 0.05) is 21.5 Å². The molecule has 0 unspecified atom stereocenters. The first-order valence-corrected chi connectivity index (χ1v) is 9.46. The molecule has 3 aromatic rings.